The summed E-state index contributed by atoms with van der Waals surface area (Å²) in [5.41, 5.74) is 3.26. The van der Waals surface area contributed by atoms with E-state index in [0.29, 0.717) is 0 Å². The van der Waals surface area contributed by atoms with Crippen molar-refractivity contribution < 1.29 is 19.8 Å². The molecular formula is C64H54O4P2S+2. The minimum Gasteiger partial charge on any atom is -0.478 e. The van der Waals surface area contributed by atoms with Crippen LogP contribution in [0, 0.1) is 0 Å². The zero-order chi connectivity index (χ0) is 49.1. The van der Waals surface area contributed by atoms with Crippen molar-refractivity contribution in [2.24, 2.45) is 0 Å². The summed E-state index contributed by atoms with van der Waals surface area (Å²) in [5.74, 6) is -1.91. The van der Waals surface area contributed by atoms with Crippen LogP contribution < -0.4 is 31.8 Å². The van der Waals surface area contributed by atoms with E-state index in [0.717, 1.165) is 22.1 Å². The van der Waals surface area contributed by atoms with Crippen LogP contribution in [0.15, 0.2) is 301 Å². The van der Waals surface area contributed by atoms with Gasteiger partial charge in [0, 0.05) is 9.79 Å². The van der Waals surface area contributed by atoms with Gasteiger partial charge in [0.05, 0.1) is 23.5 Å². The highest BCUT2D eigenvalue weighted by atomic mass is 32.2. The molecule has 0 bridgehead atoms. The average molecular weight is 981 g/mol. The smallest absolute Gasteiger partial charge is 0.335 e. The molecule has 0 saturated carbocycles. The average Bonchev–Trinajstić information content (AvgIpc) is 3.44. The highest BCUT2D eigenvalue weighted by molar-refractivity contribution is 7.99. The van der Waals surface area contributed by atoms with Gasteiger partial charge in [0.1, 0.15) is 46.4 Å². The Kier molecular flexibility index (Phi) is 17.4. The summed E-state index contributed by atoms with van der Waals surface area (Å²) in [6.45, 7) is 0. The van der Waals surface area contributed by atoms with Crippen LogP contribution in [0.2, 0.25) is 0 Å². The molecular weight excluding hydrogens is 927 g/mol. The predicted molar refractivity (Wildman–Crippen MR) is 302 cm³/mol. The zero-order valence-electron chi connectivity index (χ0n) is 39.1. The molecule has 10 aromatic carbocycles. The maximum Gasteiger partial charge on any atom is 0.335 e. The van der Waals surface area contributed by atoms with Crippen LogP contribution in [-0.4, -0.2) is 22.2 Å². The van der Waals surface area contributed by atoms with Gasteiger partial charge in [-0.2, -0.15) is 0 Å². The van der Waals surface area contributed by atoms with Gasteiger partial charge in [-0.25, -0.2) is 9.59 Å². The van der Waals surface area contributed by atoms with Gasteiger partial charge in [-0.05, 0) is 132 Å². The molecule has 0 atom stereocenters. The Bertz CT molecular complexity index is 2760. The van der Waals surface area contributed by atoms with Crippen molar-refractivity contribution in [1.82, 2.24) is 0 Å². The Morgan fingerprint density at radius 3 is 0.676 bits per heavy atom. The lowest BCUT2D eigenvalue weighted by Gasteiger charge is -2.27. The fourth-order valence-corrected chi connectivity index (χ4v) is 18.0. The first-order valence-corrected chi connectivity index (χ1v) is 28.1. The Hall–Kier alpha value is -7.65. The van der Waals surface area contributed by atoms with Gasteiger partial charge in [-0.1, -0.05) is 182 Å². The van der Waals surface area contributed by atoms with E-state index in [1.807, 2.05) is 0 Å². The molecule has 0 saturated heterocycles. The molecule has 2 N–H and O–H groups in total. The molecule has 0 amide bonds. The molecule has 0 radical (unpaired) electrons. The summed E-state index contributed by atoms with van der Waals surface area (Å²) in [7, 11) is -3.55. The molecule has 0 aliphatic carbocycles. The van der Waals surface area contributed by atoms with E-state index in [9.17, 15) is 9.59 Å². The van der Waals surface area contributed by atoms with E-state index in [2.05, 4.69) is 243 Å². The summed E-state index contributed by atoms with van der Waals surface area (Å²) in [6.07, 6.45) is 2.07. The second-order valence-electron chi connectivity index (χ2n) is 16.7. The van der Waals surface area contributed by atoms with Crippen molar-refractivity contribution in [1.29, 1.82) is 0 Å². The van der Waals surface area contributed by atoms with Gasteiger partial charge in [0.15, 0.2) is 0 Å². The van der Waals surface area contributed by atoms with E-state index in [4.69, 9.17) is 10.2 Å². The van der Waals surface area contributed by atoms with Gasteiger partial charge >= 0.3 is 11.9 Å². The van der Waals surface area contributed by atoms with Crippen molar-refractivity contribution >= 4 is 70.1 Å². The number of benzene rings is 10. The first kappa shape index (κ1) is 49.8. The third-order valence-electron chi connectivity index (χ3n) is 12.1. The number of carbonyl (C=O) groups is 2. The zero-order valence-corrected chi connectivity index (χ0v) is 41.7. The van der Waals surface area contributed by atoms with Crippen LogP contribution in [0.4, 0.5) is 0 Å². The summed E-state index contributed by atoms with van der Waals surface area (Å²) < 4.78 is 0. The quantitative estimate of drug-likeness (QED) is 0.106. The topological polar surface area (TPSA) is 74.6 Å². The van der Waals surface area contributed by atoms with Crippen LogP contribution in [0.1, 0.15) is 31.8 Å². The number of carboxylic acid groups (broad SMARTS) is 2. The van der Waals surface area contributed by atoms with Crippen LogP contribution in [0.5, 0.6) is 0 Å². The minimum absolute atomic E-state index is 0.241. The van der Waals surface area contributed by atoms with E-state index in [1.165, 1.54) is 79.0 Å². The van der Waals surface area contributed by atoms with E-state index < -0.39 is 26.5 Å². The predicted octanol–water partition coefficient (Wildman–Crippen LogP) is 13.6. The lowest BCUT2D eigenvalue weighted by molar-refractivity contribution is 0.0686. The second-order valence-corrected chi connectivity index (χ2v) is 24.8. The summed E-state index contributed by atoms with van der Waals surface area (Å²) in [5, 5.41) is 26.2. The second kappa shape index (κ2) is 24.8. The number of hydrogen-bond donors (Lipinski definition) is 2. The molecule has 4 nitrogen and oxygen atoms in total. The number of hydrogen-bond acceptors (Lipinski definition) is 3. The van der Waals surface area contributed by atoms with Gasteiger partial charge < -0.3 is 10.2 Å². The summed E-state index contributed by atoms with van der Waals surface area (Å²) in [6, 6.07) is 101. The molecule has 0 fully saturated rings. The molecule has 10 rings (SSSR count). The molecule has 0 heterocycles. The summed E-state index contributed by atoms with van der Waals surface area (Å²) >= 11 is 1.44. The Morgan fingerprint density at radius 2 is 0.479 bits per heavy atom. The molecule has 0 aliphatic heterocycles. The maximum absolute atomic E-state index is 10.7. The number of carboxylic acids is 2. The van der Waals surface area contributed by atoms with Crippen LogP contribution in [-0.2, 0) is 12.3 Å². The minimum atomic E-state index is -1.78. The fraction of sp³-hybridized carbons (Fsp3) is 0.0312. The number of rotatable bonds is 14. The maximum atomic E-state index is 10.7. The largest absolute Gasteiger partial charge is 0.478 e. The Balaban J connectivity index is 0.000000145. The highest BCUT2D eigenvalue weighted by Gasteiger charge is 2.46. The van der Waals surface area contributed by atoms with E-state index in [1.54, 1.807) is 24.3 Å². The fourth-order valence-electron chi connectivity index (χ4n) is 8.72. The van der Waals surface area contributed by atoms with Gasteiger partial charge in [0.2, 0.25) is 0 Å². The van der Waals surface area contributed by atoms with Crippen molar-refractivity contribution in [2.75, 3.05) is 0 Å². The third kappa shape index (κ3) is 12.6. The molecule has 348 valence electrons. The molecule has 0 aromatic heterocycles. The number of aromatic carboxylic acids is 2. The molecule has 0 unspecified atom stereocenters. The van der Waals surface area contributed by atoms with Crippen LogP contribution in [0.3, 0.4) is 0 Å². The van der Waals surface area contributed by atoms with Crippen LogP contribution in [0.25, 0.3) is 0 Å². The molecule has 7 heteroatoms. The SMILES string of the molecule is O=C(O)c1ccc(Sc2ccc(C(=O)O)cc2)cc1.c1ccc(C[P+](c2ccccc2)(c2ccccc2)c2ccccc2)cc1.c1ccc(C[P+](c2ccccc2)(c2ccccc2)c2ccccc2)cc1. The molecule has 0 aliphatic rings. The van der Waals surface area contributed by atoms with Gasteiger partial charge in [0.25, 0.3) is 0 Å². The highest BCUT2D eigenvalue weighted by Crippen LogP contribution is 2.59. The molecule has 71 heavy (non-hydrogen) atoms. The monoisotopic (exact) mass is 980 g/mol. The first-order valence-electron chi connectivity index (χ1n) is 23.4. The lowest BCUT2D eigenvalue weighted by atomic mass is 10.2. The normalized spacial score (nSPS) is 10.9. The van der Waals surface area contributed by atoms with Crippen molar-refractivity contribution in [3.63, 3.8) is 0 Å². The van der Waals surface area contributed by atoms with Crippen molar-refractivity contribution in [2.45, 2.75) is 22.1 Å². The first-order chi connectivity index (χ1) is 34.8. The van der Waals surface area contributed by atoms with Crippen molar-refractivity contribution in [3.8, 4) is 0 Å². The van der Waals surface area contributed by atoms with Gasteiger partial charge in [-0.3, -0.25) is 0 Å². The Labute approximate surface area is 423 Å². The molecule has 10 aromatic rings. The van der Waals surface area contributed by atoms with Crippen LogP contribution >= 0.6 is 26.3 Å². The standard InChI is InChI=1S/2C25H22P.C14H10O4S/c2*1-5-13-22(14-6-1)21-26(23-15-7-2-8-16-23,24-17-9-3-10-18-24)25-19-11-4-12-20-25;15-13(16)9-1-5-11(6-2-9)19-12-7-3-10(4-8-12)14(17)18/h2*1-20H,21H2;1-8H,(H,15,16)(H,17,18)/q2*+1;. The summed E-state index contributed by atoms with van der Waals surface area (Å²) in [4.78, 5) is 23.2. The lowest BCUT2D eigenvalue weighted by Crippen LogP contribution is -2.32. The van der Waals surface area contributed by atoms with E-state index in [-0.39, 0.29) is 11.1 Å². The van der Waals surface area contributed by atoms with E-state index >= 15 is 0 Å². The molecule has 0 spiro atoms. The Morgan fingerprint density at radius 1 is 0.282 bits per heavy atom. The van der Waals surface area contributed by atoms with Crippen molar-refractivity contribution in [3.05, 3.63) is 313 Å². The van der Waals surface area contributed by atoms with Gasteiger partial charge in [-0.15, -0.1) is 0 Å². The third-order valence-corrected chi connectivity index (χ3v) is 21.9.